The largest absolute Gasteiger partial charge is 0.506 e. The fourth-order valence-electron chi connectivity index (χ4n) is 3.77. The van der Waals surface area contributed by atoms with Crippen molar-refractivity contribution in [2.45, 2.75) is 19.9 Å². The monoisotopic (exact) mass is 515 g/mol. The van der Waals surface area contributed by atoms with Gasteiger partial charge in [-0.05, 0) is 55.1 Å². The third kappa shape index (κ3) is 6.45. The maximum atomic E-state index is 12.5. The number of hydrogen-bond donors (Lipinski definition) is 3. The van der Waals surface area contributed by atoms with Gasteiger partial charge in [0.05, 0.1) is 17.3 Å². The summed E-state index contributed by atoms with van der Waals surface area (Å²) in [5.41, 5.74) is 5.66. The lowest BCUT2D eigenvalue weighted by Crippen LogP contribution is -2.31. The lowest BCUT2D eigenvalue weighted by atomic mass is 10.0. The van der Waals surface area contributed by atoms with E-state index in [1.807, 2.05) is 62.4 Å². The highest BCUT2D eigenvalue weighted by Crippen LogP contribution is 2.28. The third-order valence-electron chi connectivity index (χ3n) is 5.81. The second-order valence-electron chi connectivity index (χ2n) is 8.55. The highest BCUT2D eigenvalue weighted by atomic mass is 35.5. The number of halogens is 1. The number of fused-ring (bicyclic) bond motifs is 1. The minimum absolute atomic E-state index is 0.0801. The molecule has 37 heavy (non-hydrogen) atoms. The van der Waals surface area contributed by atoms with E-state index in [2.05, 4.69) is 15.8 Å². The number of nitrogens with zero attached hydrogens (tertiary/aromatic N) is 1. The molecule has 0 radical (unpaired) electrons. The lowest BCUT2D eigenvalue weighted by molar-refractivity contribution is -0.123. The molecule has 8 heteroatoms. The quantitative estimate of drug-likeness (QED) is 0.212. The Labute approximate surface area is 219 Å². The first-order chi connectivity index (χ1) is 17.8. The van der Waals surface area contributed by atoms with E-state index in [4.69, 9.17) is 16.3 Å². The van der Waals surface area contributed by atoms with Crippen molar-refractivity contribution in [2.24, 2.45) is 5.10 Å². The van der Waals surface area contributed by atoms with Crippen molar-refractivity contribution in [3.63, 3.8) is 0 Å². The van der Waals surface area contributed by atoms with Crippen LogP contribution in [-0.4, -0.2) is 29.7 Å². The summed E-state index contributed by atoms with van der Waals surface area (Å²) in [6, 6.07) is 23.2. The average Bonchev–Trinajstić information content (AvgIpc) is 2.89. The lowest BCUT2D eigenvalue weighted by Gasteiger charge is -2.16. The Morgan fingerprint density at radius 3 is 2.49 bits per heavy atom. The van der Waals surface area contributed by atoms with Crippen molar-refractivity contribution in [1.82, 2.24) is 10.7 Å². The summed E-state index contributed by atoms with van der Waals surface area (Å²) < 4.78 is 5.85. The van der Waals surface area contributed by atoms with Gasteiger partial charge in [0.15, 0.2) is 6.61 Å². The van der Waals surface area contributed by atoms with Gasteiger partial charge in [-0.25, -0.2) is 5.43 Å². The number of nitrogens with one attached hydrogen (secondary N) is 2. The van der Waals surface area contributed by atoms with Crippen LogP contribution in [0.25, 0.3) is 10.8 Å². The van der Waals surface area contributed by atoms with Crippen molar-refractivity contribution in [3.8, 4) is 11.5 Å². The van der Waals surface area contributed by atoms with Gasteiger partial charge in [-0.3, -0.25) is 9.59 Å². The van der Waals surface area contributed by atoms with E-state index in [9.17, 15) is 14.7 Å². The molecule has 188 valence electrons. The summed E-state index contributed by atoms with van der Waals surface area (Å²) in [5, 5.41) is 18.3. The van der Waals surface area contributed by atoms with Crippen LogP contribution < -0.4 is 15.5 Å². The molecule has 1 atom stereocenters. The molecule has 0 unspecified atom stereocenters. The molecule has 0 saturated carbocycles. The van der Waals surface area contributed by atoms with E-state index in [-0.39, 0.29) is 34.9 Å². The van der Waals surface area contributed by atoms with Gasteiger partial charge in [0.2, 0.25) is 0 Å². The van der Waals surface area contributed by atoms with Crippen molar-refractivity contribution >= 4 is 40.4 Å². The molecule has 4 aromatic rings. The van der Waals surface area contributed by atoms with Crippen LogP contribution in [0, 0.1) is 6.92 Å². The average molecular weight is 516 g/mol. The van der Waals surface area contributed by atoms with Crippen LogP contribution in [0.4, 0.5) is 0 Å². The Balaban J connectivity index is 1.41. The molecule has 0 bridgehead atoms. The number of hydrogen-bond acceptors (Lipinski definition) is 5. The maximum absolute atomic E-state index is 12.5. The molecule has 0 aromatic heterocycles. The number of aryl methyl sites for hydroxylation is 1. The van der Waals surface area contributed by atoms with E-state index >= 15 is 0 Å². The molecule has 4 aromatic carbocycles. The van der Waals surface area contributed by atoms with Crippen molar-refractivity contribution in [2.75, 3.05) is 6.61 Å². The first kappa shape index (κ1) is 25.7. The van der Waals surface area contributed by atoms with Gasteiger partial charge in [-0.15, -0.1) is 0 Å². The van der Waals surface area contributed by atoms with Gasteiger partial charge < -0.3 is 15.2 Å². The van der Waals surface area contributed by atoms with Crippen LogP contribution in [0.3, 0.4) is 0 Å². The number of rotatable bonds is 8. The Morgan fingerprint density at radius 1 is 1.03 bits per heavy atom. The number of phenols is 1. The molecule has 0 aliphatic carbocycles. The van der Waals surface area contributed by atoms with Gasteiger partial charge in [0.1, 0.15) is 11.5 Å². The molecule has 0 heterocycles. The number of hydrazone groups is 1. The predicted octanol–water partition coefficient (Wildman–Crippen LogP) is 5.53. The summed E-state index contributed by atoms with van der Waals surface area (Å²) in [7, 11) is 0. The molecular weight excluding hydrogens is 490 g/mol. The van der Waals surface area contributed by atoms with E-state index in [0.29, 0.717) is 5.75 Å². The summed E-state index contributed by atoms with van der Waals surface area (Å²) in [5.74, 6) is -0.226. The molecule has 7 nitrogen and oxygen atoms in total. The number of carbonyl (C=O) groups excluding carboxylic acids is 2. The summed E-state index contributed by atoms with van der Waals surface area (Å²) >= 11 is 5.87. The number of phenolic OH excluding ortho intramolecular Hbond substituents is 1. The summed E-state index contributed by atoms with van der Waals surface area (Å²) in [4.78, 5) is 24.8. The number of aromatic hydroxyl groups is 1. The Kier molecular flexibility index (Phi) is 8.05. The Bertz CT molecular complexity index is 1470. The molecule has 3 N–H and O–H groups in total. The molecule has 0 spiro atoms. The van der Waals surface area contributed by atoms with Crippen molar-refractivity contribution in [3.05, 3.63) is 106 Å². The molecule has 0 fully saturated rings. The van der Waals surface area contributed by atoms with Gasteiger partial charge in [0, 0.05) is 16.5 Å². The van der Waals surface area contributed by atoms with E-state index in [0.717, 1.165) is 27.5 Å². The zero-order chi connectivity index (χ0) is 26.4. The van der Waals surface area contributed by atoms with E-state index in [1.54, 1.807) is 12.1 Å². The van der Waals surface area contributed by atoms with Crippen LogP contribution in [0.5, 0.6) is 11.5 Å². The fourth-order valence-corrected chi connectivity index (χ4v) is 3.95. The van der Waals surface area contributed by atoms with Crippen LogP contribution in [0.1, 0.15) is 40.0 Å². The highest BCUT2D eigenvalue weighted by molar-refractivity contribution is 6.32. The van der Waals surface area contributed by atoms with Crippen LogP contribution in [-0.2, 0) is 4.79 Å². The third-order valence-corrected chi connectivity index (χ3v) is 6.11. The zero-order valence-electron chi connectivity index (χ0n) is 20.4. The van der Waals surface area contributed by atoms with Crippen LogP contribution in [0.15, 0.2) is 84.0 Å². The number of ether oxygens (including phenoxy) is 1. The highest BCUT2D eigenvalue weighted by Gasteiger charge is 2.12. The summed E-state index contributed by atoms with van der Waals surface area (Å²) in [6.45, 7) is 3.83. The van der Waals surface area contributed by atoms with Gasteiger partial charge in [-0.2, -0.15) is 5.10 Å². The molecule has 2 amide bonds. The smallest absolute Gasteiger partial charge is 0.271 e. The normalized spacial score (nSPS) is 11.9. The topological polar surface area (TPSA) is 100 Å². The van der Waals surface area contributed by atoms with Crippen LogP contribution >= 0.6 is 11.6 Å². The SMILES string of the molecule is Cc1ccc([C@@H](C)NC(=O)COc2ccc(C=NNC(=O)c3ccc(O)c(Cl)c3)c3ccccc23)cc1. The first-order valence-corrected chi connectivity index (χ1v) is 12.0. The van der Waals surface area contributed by atoms with Crippen molar-refractivity contribution < 1.29 is 19.4 Å². The predicted molar refractivity (Wildman–Crippen MR) is 145 cm³/mol. The van der Waals surface area contributed by atoms with Gasteiger partial charge in [0.25, 0.3) is 11.8 Å². The molecule has 4 rings (SSSR count). The number of carbonyl (C=O) groups is 2. The van der Waals surface area contributed by atoms with E-state index in [1.165, 1.54) is 24.4 Å². The minimum Gasteiger partial charge on any atom is -0.506 e. The van der Waals surface area contributed by atoms with Gasteiger partial charge >= 0.3 is 0 Å². The fraction of sp³-hybridized carbons (Fsp3) is 0.138. The number of benzene rings is 4. The second-order valence-corrected chi connectivity index (χ2v) is 8.96. The van der Waals surface area contributed by atoms with Crippen molar-refractivity contribution in [1.29, 1.82) is 0 Å². The standard InChI is InChI=1S/C29H26ClN3O4/c1-18-7-9-20(10-8-18)19(2)32-28(35)17-37-27-14-12-22(23-5-3-4-6-24(23)27)16-31-33-29(36)21-11-13-26(34)25(30)15-21/h3-16,19,34H,17H2,1-2H3,(H,32,35)(H,33,36)/t19-/m1/s1. The molecular formula is C29H26ClN3O4. The molecule has 0 aliphatic rings. The Hall–Kier alpha value is -4.36. The second kappa shape index (κ2) is 11.6. The van der Waals surface area contributed by atoms with E-state index < -0.39 is 5.91 Å². The molecule has 0 saturated heterocycles. The zero-order valence-corrected chi connectivity index (χ0v) is 21.1. The minimum atomic E-state index is -0.465. The summed E-state index contributed by atoms with van der Waals surface area (Å²) in [6.07, 6.45) is 1.53. The Morgan fingerprint density at radius 2 is 1.76 bits per heavy atom. The maximum Gasteiger partial charge on any atom is 0.271 e. The first-order valence-electron chi connectivity index (χ1n) is 11.6. The van der Waals surface area contributed by atoms with Gasteiger partial charge in [-0.1, -0.05) is 65.7 Å². The molecule has 0 aliphatic heterocycles. The number of amides is 2. The van der Waals surface area contributed by atoms with Crippen LogP contribution in [0.2, 0.25) is 5.02 Å².